The SMILES string of the molecule is Cn1c(=O)n(-c2cc(Cl)ccc2O)c2ccc(C(F)(F)F)cc21. The molecule has 0 bridgehead atoms. The molecule has 0 radical (unpaired) electrons. The van der Waals surface area contributed by atoms with Crippen molar-refractivity contribution in [3.05, 3.63) is 57.5 Å². The van der Waals surface area contributed by atoms with Gasteiger partial charge in [0.25, 0.3) is 0 Å². The first-order valence-corrected chi connectivity index (χ1v) is 6.85. The number of imidazole rings is 1. The summed E-state index contributed by atoms with van der Waals surface area (Å²) in [7, 11) is 1.36. The zero-order valence-corrected chi connectivity index (χ0v) is 12.5. The van der Waals surface area contributed by atoms with Crippen molar-refractivity contribution in [1.82, 2.24) is 9.13 Å². The monoisotopic (exact) mass is 342 g/mol. The second-order valence-corrected chi connectivity index (χ2v) is 5.45. The van der Waals surface area contributed by atoms with Crippen LogP contribution in [0.1, 0.15) is 5.56 Å². The maximum absolute atomic E-state index is 12.8. The standard InChI is InChI=1S/C15H10ClF3N2O2/c1-20-11-6-8(15(17,18)19)2-4-10(11)21(14(20)23)12-7-9(16)3-5-13(12)22/h2-7,22H,1H3. The first-order chi connectivity index (χ1) is 10.7. The van der Waals surface area contributed by atoms with Gasteiger partial charge in [-0.25, -0.2) is 4.79 Å². The van der Waals surface area contributed by atoms with Crippen LogP contribution in [-0.4, -0.2) is 14.2 Å². The van der Waals surface area contributed by atoms with E-state index in [4.69, 9.17) is 11.6 Å². The molecule has 0 atom stereocenters. The Morgan fingerprint density at radius 3 is 2.43 bits per heavy atom. The number of alkyl halides is 3. The van der Waals surface area contributed by atoms with Gasteiger partial charge in [-0.1, -0.05) is 11.6 Å². The number of aromatic hydroxyl groups is 1. The molecule has 0 amide bonds. The molecule has 23 heavy (non-hydrogen) atoms. The Labute approximate surface area is 133 Å². The van der Waals surface area contributed by atoms with Crippen LogP contribution in [0.5, 0.6) is 5.75 Å². The second-order valence-electron chi connectivity index (χ2n) is 5.01. The van der Waals surface area contributed by atoms with Crippen molar-refractivity contribution in [3.63, 3.8) is 0 Å². The molecule has 120 valence electrons. The number of hydrogen-bond donors (Lipinski definition) is 1. The van der Waals surface area contributed by atoms with Gasteiger partial charge in [-0.3, -0.25) is 9.13 Å². The lowest BCUT2D eigenvalue weighted by Gasteiger charge is -2.08. The minimum atomic E-state index is -4.51. The molecule has 3 rings (SSSR count). The predicted octanol–water partition coefficient (Wildman–Crippen LogP) is 3.71. The highest BCUT2D eigenvalue weighted by Gasteiger charge is 2.31. The molecule has 0 saturated carbocycles. The lowest BCUT2D eigenvalue weighted by atomic mass is 10.2. The number of hydrogen-bond acceptors (Lipinski definition) is 2. The van der Waals surface area contributed by atoms with Gasteiger partial charge in [0.2, 0.25) is 0 Å². The average molecular weight is 343 g/mol. The largest absolute Gasteiger partial charge is 0.506 e. The van der Waals surface area contributed by atoms with Crippen molar-refractivity contribution in [1.29, 1.82) is 0 Å². The molecule has 0 aliphatic carbocycles. The molecule has 0 aliphatic rings. The third-order valence-electron chi connectivity index (χ3n) is 3.56. The van der Waals surface area contributed by atoms with Gasteiger partial charge in [0.15, 0.2) is 0 Å². The maximum Gasteiger partial charge on any atom is 0.416 e. The first kappa shape index (κ1) is 15.5. The van der Waals surface area contributed by atoms with Gasteiger partial charge in [0.05, 0.1) is 22.3 Å². The summed E-state index contributed by atoms with van der Waals surface area (Å²) >= 11 is 5.88. The molecular formula is C15H10ClF3N2O2. The van der Waals surface area contributed by atoms with E-state index in [1.807, 2.05) is 0 Å². The normalized spacial score (nSPS) is 12.0. The van der Waals surface area contributed by atoms with Crippen LogP contribution in [-0.2, 0) is 13.2 Å². The van der Waals surface area contributed by atoms with E-state index in [0.717, 1.165) is 21.3 Å². The van der Waals surface area contributed by atoms with Crippen molar-refractivity contribution in [2.24, 2.45) is 7.05 Å². The van der Waals surface area contributed by atoms with Crippen LogP contribution in [0, 0.1) is 0 Å². The number of aromatic nitrogens is 2. The van der Waals surface area contributed by atoms with Crippen LogP contribution in [0.2, 0.25) is 5.02 Å². The van der Waals surface area contributed by atoms with E-state index in [9.17, 15) is 23.1 Å². The highest BCUT2D eigenvalue weighted by molar-refractivity contribution is 6.30. The van der Waals surface area contributed by atoms with Crippen LogP contribution >= 0.6 is 11.6 Å². The molecule has 2 aromatic carbocycles. The number of fused-ring (bicyclic) bond motifs is 1. The molecule has 0 fully saturated rings. The molecule has 0 aliphatic heterocycles. The van der Waals surface area contributed by atoms with Crippen molar-refractivity contribution in [3.8, 4) is 11.4 Å². The van der Waals surface area contributed by atoms with Crippen LogP contribution in [0.25, 0.3) is 16.7 Å². The van der Waals surface area contributed by atoms with Crippen molar-refractivity contribution < 1.29 is 18.3 Å². The molecule has 0 unspecified atom stereocenters. The highest BCUT2D eigenvalue weighted by Crippen LogP contribution is 2.33. The number of halogens is 4. The third-order valence-corrected chi connectivity index (χ3v) is 3.80. The van der Waals surface area contributed by atoms with Gasteiger partial charge in [-0.05, 0) is 36.4 Å². The van der Waals surface area contributed by atoms with Gasteiger partial charge in [0.1, 0.15) is 5.75 Å². The third kappa shape index (κ3) is 2.46. The molecule has 4 nitrogen and oxygen atoms in total. The van der Waals surface area contributed by atoms with E-state index in [0.29, 0.717) is 0 Å². The van der Waals surface area contributed by atoms with Crippen molar-refractivity contribution in [2.75, 3.05) is 0 Å². The quantitative estimate of drug-likeness (QED) is 0.733. The molecule has 1 aromatic heterocycles. The summed E-state index contributed by atoms with van der Waals surface area (Å²) in [4.78, 5) is 12.4. The Morgan fingerprint density at radius 1 is 1.09 bits per heavy atom. The fourth-order valence-electron chi connectivity index (χ4n) is 2.42. The Hall–Kier alpha value is -2.41. The fraction of sp³-hybridized carbons (Fsp3) is 0.133. The molecule has 0 saturated heterocycles. The summed E-state index contributed by atoms with van der Waals surface area (Å²) in [6, 6.07) is 7.11. The Morgan fingerprint density at radius 2 is 1.78 bits per heavy atom. The fourth-order valence-corrected chi connectivity index (χ4v) is 2.59. The lowest BCUT2D eigenvalue weighted by Crippen LogP contribution is -2.20. The molecule has 1 N–H and O–H groups in total. The summed E-state index contributed by atoms with van der Waals surface area (Å²) in [6.45, 7) is 0. The van der Waals surface area contributed by atoms with E-state index >= 15 is 0 Å². The molecule has 3 aromatic rings. The first-order valence-electron chi connectivity index (χ1n) is 6.47. The summed E-state index contributed by atoms with van der Waals surface area (Å²) in [5.74, 6) is -0.205. The molecular weight excluding hydrogens is 333 g/mol. The summed E-state index contributed by atoms with van der Waals surface area (Å²) < 4.78 is 40.7. The van der Waals surface area contributed by atoms with E-state index in [1.165, 1.54) is 31.3 Å². The van der Waals surface area contributed by atoms with Crippen molar-refractivity contribution >= 4 is 22.6 Å². The van der Waals surface area contributed by atoms with Crippen LogP contribution in [0.3, 0.4) is 0 Å². The maximum atomic E-state index is 12.8. The Kier molecular flexibility index (Phi) is 3.40. The zero-order valence-electron chi connectivity index (χ0n) is 11.7. The average Bonchev–Trinajstić information content (AvgIpc) is 2.72. The van der Waals surface area contributed by atoms with Gasteiger partial charge >= 0.3 is 11.9 Å². The van der Waals surface area contributed by atoms with E-state index in [1.54, 1.807) is 0 Å². The summed E-state index contributed by atoms with van der Waals surface area (Å²) in [5, 5.41) is 10.2. The Bertz CT molecular complexity index is 973. The smallest absolute Gasteiger partial charge is 0.416 e. The molecule has 8 heteroatoms. The van der Waals surface area contributed by atoms with Gasteiger partial charge in [0, 0.05) is 12.1 Å². The van der Waals surface area contributed by atoms with Crippen molar-refractivity contribution in [2.45, 2.75) is 6.18 Å². The molecule has 1 heterocycles. The number of phenols is 1. The number of aryl methyl sites for hydroxylation is 1. The summed E-state index contributed by atoms with van der Waals surface area (Å²) in [6.07, 6.45) is -4.51. The number of rotatable bonds is 1. The summed E-state index contributed by atoms with van der Waals surface area (Å²) in [5.41, 5.74) is -0.995. The Balaban J connectivity index is 2.37. The predicted molar refractivity (Wildman–Crippen MR) is 80.2 cm³/mol. The van der Waals surface area contributed by atoms with Crippen LogP contribution in [0.4, 0.5) is 13.2 Å². The van der Waals surface area contributed by atoms with E-state index < -0.39 is 17.4 Å². The number of nitrogens with zero attached hydrogens (tertiary/aromatic N) is 2. The highest BCUT2D eigenvalue weighted by atomic mass is 35.5. The van der Waals surface area contributed by atoms with Gasteiger partial charge in [-0.15, -0.1) is 0 Å². The lowest BCUT2D eigenvalue weighted by molar-refractivity contribution is -0.137. The second kappa shape index (κ2) is 5.06. The van der Waals surface area contributed by atoms with Gasteiger partial charge in [-0.2, -0.15) is 13.2 Å². The minimum absolute atomic E-state index is 0.101. The van der Waals surface area contributed by atoms with Gasteiger partial charge < -0.3 is 5.11 Å². The van der Waals surface area contributed by atoms with E-state index in [-0.39, 0.29) is 27.5 Å². The zero-order chi connectivity index (χ0) is 16.9. The number of phenolic OH excluding ortho intramolecular Hbond substituents is 1. The van der Waals surface area contributed by atoms with Crippen LogP contribution < -0.4 is 5.69 Å². The molecule has 0 spiro atoms. The topological polar surface area (TPSA) is 47.2 Å². The van der Waals surface area contributed by atoms with Crippen LogP contribution in [0.15, 0.2) is 41.2 Å². The minimum Gasteiger partial charge on any atom is -0.506 e. The van der Waals surface area contributed by atoms with E-state index in [2.05, 4.69) is 0 Å². The number of benzene rings is 2.